The van der Waals surface area contributed by atoms with Crippen molar-refractivity contribution >= 4 is 51.3 Å². The van der Waals surface area contributed by atoms with Crippen molar-refractivity contribution in [1.82, 2.24) is 24.0 Å². The number of carbonyl (C=O) groups excluding carboxylic acids is 2. The Morgan fingerprint density at radius 2 is 1.79 bits per heavy atom. The number of nitrogens with zero attached hydrogens (tertiary/aromatic N) is 5. The minimum absolute atomic E-state index is 0.0717. The zero-order chi connectivity index (χ0) is 24.2. The first kappa shape index (κ1) is 23.9. The normalized spacial score (nSPS) is 16.5. The van der Waals surface area contributed by atoms with Crippen LogP contribution < -0.4 is 4.72 Å². The molecule has 1 aromatic heterocycles. The number of benzene rings is 2. The van der Waals surface area contributed by atoms with Crippen molar-refractivity contribution < 1.29 is 13.8 Å². The highest BCUT2D eigenvalue weighted by Crippen LogP contribution is 2.34. The summed E-state index contributed by atoms with van der Waals surface area (Å²) in [5.41, 5.74) is 3.95. The standard InChI is InChI=1S/C23H23ClN6O3S/c1-29(2)34(33)28-22(31)9-10-23(32)30-21(14-19(27-30)15-3-6-17(24)7-4-15)16-5-8-18-20(13-16)26-12-11-25-18/h3-8,11-13,21H,9-10,14H2,1-2H3,(H,28,31). The van der Waals surface area contributed by atoms with Gasteiger partial charge >= 0.3 is 0 Å². The van der Waals surface area contributed by atoms with E-state index in [4.69, 9.17) is 11.6 Å². The van der Waals surface area contributed by atoms with Crippen LogP contribution in [-0.4, -0.2) is 55.1 Å². The molecule has 1 aliphatic rings. The highest BCUT2D eigenvalue weighted by Gasteiger charge is 2.33. The van der Waals surface area contributed by atoms with Gasteiger partial charge in [0, 0.05) is 50.8 Å². The molecule has 2 unspecified atom stereocenters. The van der Waals surface area contributed by atoms with Gasteiger partial charge in [-0.1, -0.05) is 29.8 Å². The molecule has 2 atom stereocenters. The molecular formula is C23H23ClN6O3S. The quantitative estimate of drug-likeness (QED) is 0.538. The monoisotopic (exact) mass is 498 g/mol. The molecular weight excluding hydrogens is 476 g/mol. The Hall–Kier alpha value is -3.21. The van der Waals surface area contributed by atoms with Crippen LogP contribution in [0, 0.1) is 0 Å². The Labute approximate surface area is 204 Å². The molecule has 2 amide bonds. The van der Waals surface area contributed by atoms with Gasteiger partial charge in [-0.2, -0.15) is 5.10 Å². The number of carbonyl (C=O) groups is 2. The second-order valence-electron chi connectivity index (χ2n) is 7.90. The minimum atomic E-state index is -1.64. The summed E-state index contributed by atoms with van der Waals surface area (Å²) in [4.78, 5) is 33.9. The van der Waals surface area contributed by atoms with Gasteiger partial charge < -0.3 is 0 Å². The van der Waals surface area contributed by atoms with Gasteiger partial charge in [0.2, 0.25) is 11.8 Å². The first-order chi connectivity index (χ1) is 16.3. The molecule has 0 bridgehead atoms. The second kappa shape index (κ2) is 10.4. The largest absolute Gasteiger partial charge is 0.274 e. The molecule has 0 radical (unpaired) electrons. The first-order valence-corrected chi connectivity index (χ1v) is 12.0. The van der Waals surface area contributed by atoms with Crippen molar-refractivity contribution in [1.29, 1.82) is 0 Å². The van der Waals surface area contributed by atoms with Gasteiger partial charge in [-0.05, 0) is 35.4 Å². The van der Waals surface area contributed by atoms with Crippen molar-refractivity contribution in [2.45, 2.75) is 25.3 Å². The maximum Gasteiger partial charge on any atom is 0.243 e. The fourth-order valence-corrected chi connectivity index (χ4v) is 4.18. The van der Waals surface area contributed by atoms with E-state index in [1.54, 1.807) is 38.6 Å². The van der Waals surface area contributed by atoms with Crippen LogP contribution in [-0.2, 0) is 20.8 Å². The molecule has 34 heavy (non-hydrogen) atoms. The van der Waals surface area contributed by atoms with Crippen LogP contribution in [0.15, 0.2) is 60.0 Å². The van der Waals surface area contributed by atoms with E-state index in [0.29, 0.717) is 11.4 Å². The van der Waals surface area contributed by atoms with Crippen molar-refractivity contribution in [3.8, 4) is 0 Å². The third-order valence-electron chi connectivity index (χ3n) is 5.32. The second-order valence-corrected chi connectivity index (χ2v) is 9.77. The van der Waals surface area contributed by atoms with Crippen molar-refractivity contribution in [3.63, 3.8) is 0 Å². The maximum atomic E-state index is 13.2. The van der Waals surface area contributed by atoms with Gasteiger partial charge in [0.25, 0.3) is 0 Å². The molecule has 0 fully saturated rings. The molecule has 9 nitrogen and oxygen atoms in total. The summed E-state index contributed by atoms with van der Waals surface area (Å²) in [5, 5.41) is 6.65. The third-order valence-corrected chi connectivity index (χ3v) is 6.64. The van der Waals surface area contributed by atoms with Crippen molar-refractivity contribution in [2.75, 3.05) is 14.1 Å². The smallest absolute Gasteiger partial charge is 0.243 e. The Morgan fingerprint density at radius 3 is 2.50 bits per heavy atom. The van der Waals surface area contributed by atoms with Gasteiger partial charge in [0.05, 0.1) is 22.8 Å². The van der Waals surface area contributed by atoms with Crippen LogP contribution in [0.2, 0.25) is 5.02 Å². The predicted molar refractivity (Wildman–Crippen MR) is 131 cm³/mol. The van der Waals surface area contributed by atoms with Crippen LogP contribution in [0.3, 0.4) is 0 Å². The Morgan fingerprint density at radius 1 is 1.09 bits per heavy atom. The SMILES string of the molecule is CN(C)S(=O)NC(=O)CCC(=O)N1N=C(c2ccc(Cl)cc2)CC1c1ccc2nccnc2c1. The molecule has 4 rings (SSSR count). The van der Waals surface area contributed by atoms with Gasteiger partial charge in [-0.3, -0.25) is 24.3 Å². The summed E-state index contributed by atoms with van der Waals surface area (Å²) in [7, 11) is 3.16. The Bertz CT molecular complexity index is 1280. The maximum absolute atomic E-state index is 13.2. The third kappa shape index (κ3) is 5.46. The van der Waals surface area contributed by atoms with Crippen LogP contribution >= 0.6 is 11.6 Å². The molecule has 1 aliphatic heterocycles. The van der Waals surface area contributed by atoms with E-state index in [1.807, 2.05) is 30.3 Å². The predicted octanol–water partition coefficient (Wildman–Crippen LogP) is 3.00. The molecule has 2 aromatic carbocycles. The zero-order valence-electron chi connectivity index (χ0n) is 18.6. The van der Waals surface area contributed by atoms with E-state index in [2.05, 4.69) is 19.8 Å². The number of rotatable bonds is 7. The lowest BCUT2D eigenvalue weighted by molar-refractivity contribution is -0.134. The minimum Gasteiger partial charge on any atom is -0.274 e. The van der Waals surface area contributed by atoms with E-state index in [9.17, 15) is 13.8 Å². The van der Waals surface area contributed by atoms with E-state index < -0.39 is 17.1 Å². The molecule has 0 aliphatic carbocycles. The fraction of sp³-hybridized carbons (Fsp3) is 0.261. The molecule has 3 aromatic rings. The topological polar surface area (TPSA) is 108 Å². The van der Waals surface area contributed by atoms with E-state index >= 15 is 0 Å². The number of amides is 2. The van der Waals surface area contributed by atoms with Crippen molar-refractivity contribution in [2.24, 2.45) is 5.10 Å². The summed E-state index contributed by atoms with van der Waals surface area (Å²) in [5.74, 6) is -0.780. The highest BCUT2D eigenvalue weighted by molar-refractivity contribution is 7.81. The molecule has 0 saturated heterocycles. The van der Waals surface area contributed by atoms with Crippen LogP contribution in [0.25, 0.3) is 11.0 Å². The number of nitrogens with one attached hydrogen (secondary N) is 1. The van der Waals surface area contributed by atoms with Gasteiger partial charge in [-0.25, -0.2) is 13.5 Å². The molecule has 176 valence electrons. The molecule has 11 heteroatoms. The average molecular weight is 499 g/mol. The number of fused-ring (bicyclic) bond motifs is 1. The number of hydrazone groups is 1. The molecule has 1 N–H and O–H groups in total. The fourth-order valence-electron chi connectivity index (χ4n) is 3.58. The number of hydrogen-bond acceptors (Lipinski definition) is 6. The van der Waals surface area contributed by atoms with Crippen LogP contribution in [0.1, 0.15) is 36.4 Å². The highest BCUT2D eigenvalue weighted by atomic mass is 35.5. The lowest BCUT2D eigenvalue weighted by atomic mass is 9.98. The lowest BCUT2D eigenvalue weighted by Crippen LogP contribution is -2.35. The average Bonchev–Trinajstić information content (AvgIpc) is 3.28. The molecule has 0 spiro atoms. The van der Waals surface area contributed by atoms with Gasteiger partial charge in [0.15, 0.2) is 11.2 Å². The summed E-state index contributed by atoms with van der Waals surface area (Å²) in [6.07, 6.45) is 3.57. The number of hydrogen-bond donors (Lipinski definition) is 1. The summed E-state index contributed by atoms with van der Waals surface area (Å²) in [6.45, 7) is 0. The van der Waals surface area contributed by atoms with E-state index in [-0.39, 0.29) is 24.8 Å². The van der Waals surface area contributed by atoms with Crippen molar-refractivity contribution in [3.05, 3.63) is 71.0 Å². The Kier molecular flexibility index (Phi) is 7.30. The van der Waals surface area contributed by atoms with Crippen LogP contribution in [0.4, 0.5) is 0 Å². The zero-order valence-corrected chi connectivity index (χ0v) is 20.2. The molecule has 2 heterocycles. The molecule has 0 saturated carbocycles. The van der Waals surface area contributed by atoms with E-state index in [0.717, 1.165) is 27.9 Å². The summed E-state index contributed by atoms with van der Waals surface area (Å²) < 4.78 is 15.5. The number of halogens is 1. The van der Waals surface area contributed by atoms with E-state index in [1.165, 1.54) is 9.31 Å². The van der Waals surface area contributed by atoms with Crippen LogP contribution in [0.5, 0.6) is 0 Å². The Balaban J connectivity index is 1.57. The lowest BCUT2D eigenvalue weighted by Gasteiger charge is -2.22. The van der Waals surface area contributed by atoms with Gasteiger partial charge in [-0.15, -0.1) is 0 Å². The van der Waals surface area contributed by atoms with Gasteiger partial charge in [0.1, 0.15) is 0 Å². The first-order valence-electron chi connectivity index (χ1n) is 10.6. The number of aromatic nitrogens is 2. The summed E-state index contributed by atoms with van der Waals surface area (Å²) in [6, 6.07) is 12.6. The summed E-state index contributed by atoms with van der Waals surface area (Å²) >= 11 is 4.38.